The number of hydrogen-bond donors (Lipinski definition) is 0. The van der Waals surface area contributed by atoms with Crippen molar-refractivity contribution in [2.45, 2.75) is 38.6 Å². The molecule has 0 bridgehead atoms. The summed E-state index contributed by atoms with van der Waals surface area (Å²) >= 11 is 0. The molecule has 6 heteroatoms. The van der Waals surface area contributed by atoms with Gasteiger partial charge in [-0.2, -0.15) is 4.98 Å². The summed E-state index contributed by atoms with van der Waals surface area (Å²) in [4.78, 5) is 9.43. The van der Waals surface area contributed by atoms with Gasteiger partial charge < -0.3 is 14.2 Å². The molecule has 1 aromatic carbocycles. The number of aromatic nitrogens is 2. The molecule has 2 aliphatic rings. The molecule has 1 saturated heterocycles. The molecule has 0 amide bonds. The number of rotatable bonds is 6. The Balaban J connectivity index is 1.39. The standard InChI is InChI=1S/C19H26N4O2/c1-3-24-17-7-5-4-6-16(17)23-12-10-22(11-13-23)14(2)19-20-18(21-25-19)15-8-9-15/h4-7,14-15H,3,8-13H2,1-2H3/t14-/m1/s1. The zero-order chi connectivity index (χ0) is 17.2. The van der Waals surface area contributed by atoms with Crippen LogP contribution in [0.5, 0.6) is 5.75 Å². The number of piperazine rings is 1. The monoisotopic (exact) mass is 342 g/mol. The van der Waals surface area contributed by atoms with Crippen LogP contribution in [0.3, 0.4) is 0 Å². The van der Waals surface area contributed by atoms with E-state index in [0.717, 1.165) is 43.6 Å². The predicted molar refractivity (Wildman–Crippen MR) is 96.1 cm³/mol. The van der Waals surface area contributed by atoms with E-state index in [0.29, 0.717) is 12.5 Å². The second-order valence-corrected chi connectivity index (χ2v) is 6.86. The lowest BCUT2D eigenvalue weighted by Crippen LogP contribution is -2.47. The van der Waals surface area contributed by atoms with Crippen molar-refractivity contribution in [2.24, 2.45) is 0 Å². The largest absolute Gasteiger partial charge is 0.492 e. The van der Waals surface area contributed by atoms with Crippen molar-refractivity contribution in [1.29, 1.82) is 0 Å². The zero-order valence-corrected chi connectivity index (χ0v) is 15.0. The van der Waals surface area contributed by atoms with Crippen LogP contribution in [-0.2, 0) is 0 Å². The molecule has 25 heavy (non-hydrogen) atoms. The first-order valence-corrected chi connectivity index (χ1v) is 9.30. The van der Waals surface area contributed by atoms with Gasteiger partial charge in [0.2, 0.25) is 5.89 Å². The van der Waals surface area contributed by atoms with Crippen LogP contribution in [0.15, 0.2) is 28.8 Å². The summed E-state index contributed by atoms with van der Waals surface area (Å²) in [6, 6.07) is 8.46. The van der Waals surface area contributed by atoms with Crippen LogP contribution in [0.4, 0.5) is 5.69 Å². The lowest BCUT2D eigenvalue weighted by atomic mass is 10.2. The maximum absolute atomic E-state index is 5.78. The molecule has 0 spiro atoms. The minimum absolute atomic E-state index is 0.171. The normalized spacial score (nSPS) is 19.8. The van der Waals surface area contributed by atoms with Crippen molar-refractivity contribution in [1.82, 2.24) is 15.0 Å². The van der Waals surface area contributed by atoms with Crippen LogP contribution in [-0.4, -0.2) is 47.8 Å². The van der Waals surface area contributed by atoms with E-state index in [1.165, 1.54) is 18.5 Å². The van der Waals surface area contributed by atoms with Gasteiger partial charge in [0.25, 0.3) is 0 Å². The second kappa shape index (κ2) is 7.04. The van der Waals surface area contributed by atoms with Gasteiger partial charge in [0.15, 0.2) is 5.82 Å². The van der Waals surface area contributed by atoms with E-state index in [1.54, 1.807) is 0 Å². The van der Waals surface area contributed by atoms with E-state index in [9.17, 15) is 0 Å². The molecule has 1 atom stereocenters. The van der Waals surface area contributed by atoms with Crippen molar-refractivity contribution in [3.8, 4) is 5.75 Å². The Kier molecular flexibility index (Phi) is 4.61. The summed E-state index contributed by atoms with van der Waals surface area (Å²) < 4.78 is 11.3. The minimum atomic E-state index is 0.171. The predicted octanol–water partition coefficient (Wildman–Crippen LogP) is 3.23. The Morgan fingerprint density at radius 2 is 1.96 bits per heavy atom. The maximum Gasteiger partial charge on any atom is 0.243 e. The quantitative estimate of drug-likeness (QED) is 0.803. The fourth-order valence-electron chi connectivity index (χ4n) is 3.43. The first-order chi connectivity index (χ1) is 12.3. The van der Waals surface area contributed by atoms with Crippen LogP contribution < -0.4 is 9.64 Å². The highest BCUT2D eigenvalue weighted by Gasteiger charge is 2.31. The van der Waals surface area contributed by atoms with Gasteiger partial charge in [0.05, 0.1) is 18.3 Å². The van der Waals surface area contributed by atoms with Crippen molar-refractivity contribution in [3.05, 3.63) is 36.0 Å². The van der Waals surface area contributed by atoms with Crippen LogP contribution in [0.2, 0.25) is 0 Å². The van der Waals surface area contributed by atoms with Crippen LogP contribution in [0, 0.1) is 0 Å². The topological polar surface area (TPSA) is 54.6 Å². The second-order valence-electron chi connectivity index (χ2n) is 6.86. The van der Waals surface area contributed by atoms with Gasteiger partial charge in [-0.05, 0) is 38.8 Å². The number of anilines is 1. The summed E-state index contributed by atoms with van der Waals surface area (Å²) in [5, 5.41) is 4.15. The number of benzene rings is 1. The average Bonchev–Trinajstić information content (AvgIpc) is 3.39. The third-order valence-electron chi connectivity index (χ3n) is 5.13. The highest BCUT2D eigenvalue weighted by molar-refractivity contribution is 5.58. The highest BCUT2D eigenvalue weighted by Crippen LogP contribution is 2.38. The van der Waals surface area contributed by atoms with Crippen LogP contribution >= 0.6 is 0 Å². The van der Waals surface area contributed by atoms with E-state index in [4.69, 9.17) is 9.26 Å². The summed E-state index contributed by atoms with van der Waals surface area (Å²) in [5.41, 5.74) is 1.19. The maximum atomic E-state index is 5.78. The molecule has 2 heterocycles. The van der Waals surface area contributed by atoms with Gasteiger partial charge in [-0.15, -0.1) is 0 Å². The van der Waals surface area contributed by atoms with Gasteiger partial charge in [0.1, 0.15) is 5.75 Å². The zero-order valence-electron chi connectivity index (χ0n) is 15.0. The van der Waals surface area contributed by atoms with Gasteiger partial charge in [-0.1, -0.05) is 17.3 Å². The number of para-hydroxylation sites is 2. The summed E-state index contributed by atoms with van der Waals surface area (Å²) in [6.45, 7) is 8.76. The van der Waals surface area contributed by atoms with E-state index in [-0.39, 0.29) is 6.04 Å². The number of ether oxygens (including phenoxy) is 1. The minimum Gasteiger partial charge on any atom is -0.492 e. The van der Waals surface area contributed by atoms with E-state index in [2.05, 4.69) is 39.0 Å². The molecule has 0 radical (unpaired) electrons. The van der Waals surface area contributed by atoms with Crippen molar-refractivity contribution >= 4 is 5.69 Å². The number of hydrogen-bond acceptors (Lipinski definition) is 6. The molecule has 1 aliphatic carbocycles. The average molecular weight is 342 g/mol. The molecular weight excluding hydrogens is 316 g/mol. The summed E-state index contributed by atoms with van der Waals surface area (Å²) in [6.07, 6.45) is 2.40. The molecular formula is C19H26N4O2. The van der Waals surface area contributed by atoms with Gasteiger partial charge in [0, 0.05) is 32.1 Å². The lowest BCUT2D eigenvalue weighted by Gasteiger charge is -2.38. The van der Waals surface area contributed by atoms with Crippen molar-refractivity contribution < 1.29 is 9.26 Å². The van der Waals surface area contributed by atoms with E-state index < -0.39 is 0 Å². The van der Waals surface area contributed by atoms with E-state index >= 15 is 0 Å². The Hall–Kier alpha value is -2.08. The Morgan fingerprint density at radius 3 is 2.68 bits per heavy atom. The first-order valence-electron chi connectivity index (χ1n) is 9.30. The molecule has 1 aliphatic heterocycles. The van der Waals surface area contributed by atoms with Gasteiger partial charge >= 0.3 is 0 Å². The molecule has 1 aromatic heterocycles. The third-order valence-corrected chi connectivity index (χ3v) is 5.13. The Labute approximate surface area is 148 Å². The fraction of sp³-hybridized carbons (Fsp3) is 0.579. The molecule has 0 unspecified atom stereocenters. The van der Waals surface area contributed by atoms with Crippen molar-refractivity contribution in [3.63, 3.8) is 0 Å². The Bertz CT molecular complexity index is 705. The summed E-state index contributed by atoms with van der Waals surface area (Å²) in [5.74, 6) is 3.16. The summed E-state index contributed by atoms with van der Waals surface area (Å²) in [7, 11) is 0. The van der Waals surface area contributed by atoms with Crippen LogP contribution in [0.1, 0.15) is 50.4 Å². The first kappa shape index (κ1) is 16.4. The van der Waals surface area contributed by atoms with Crippen LogP contribution in [0.25, 0.3) is 0 Å². The third kappa shape index (κ3) is 3.49. The molecule has 134 valence electrons. The highest BCUT2D eigenvalue weighted by atomic mass is 16.5. The molecule has 0 N–H and O–H groups in total. The van der Waals surface area contributed by atoms with Gasteiger partial charge in [-0.3, -0.25) is 4.90 Å². The molecule has 2 aromatic rings. The van der Waals surface area contributed by atoms with Crippen molar-refractivity contribution in [2.75, 3.05) is 37.7 Å². The lowest BCUT2D eigenvalue weighted by molar-refractivity contribution is 0.164. The SMILES string of the molecule is CCOc1ccccc1N1CCN([C@H](C)c2nc(C3CC3)no2)CC1. The molecule has 2 fully saturated rings. The molecule has 4 rings (SSSR count). The van der Waals surface area contributed by atoms with E-state index in [1.807, 2.05) is 19.1 Å². The fourth-order valence-corrected chi connectivity index (χ4v) is 3.43. The Morgan fingerprint density at radius 1 is 1.20 bits per heavy atom. The smallest absolute Gasteiger partial charge is 0.243 e. The molecule has 1 saturated carbocycles. The number of nitrogens with zero attached hydrogens (tertiary/aromatic N) is 4. The molecule has 6 nitrogen and oxygen atoms in total. The van der Waals surface area contributed by atoms with Gasteiger partial charge in [-0.25, -0.2) is 0 Å².